The molecule has 1 N–H and O–H groups in total. The molecular weight excluding hydrogens is 340 g/mol. The minimum absolute atomic E-state index is 0.146. The third kappa shape index (κ3) is 4.16. The maximum absolute atomic E-state index is 13.0. The Labute approximate surface area is 159 Å². The number of aryl methyl sites for hydroxylation is 1. The van der Waals surface area contributed by atoms with E-state index in [4.69, 9.17) is 4.74 Å². The molecule has 140 valence electrons. The van der Waals surface area contributed by atoms with E-state index in [9.17, 15) is 4.79 Å². The largest absolute Gasteiger partial charge is 0.497 e. The van der Waals surface area contributed by atoms with Gasteiger partial charge in [0.15, 0.2) is 0 Å². The lowest BCUT2D eigenvalue weighted by atomic mass is 9.99. The molecule has 1 atom stereocenters. The average molecular weight is 364 g/mol. The fraction of sp³-hybridized carbons (Fsp3) is 0.286. The normalized spacial score (nSPS) is 11.8. The predicted octanol–water partition coefficient (Wildman–Crippen LogP) is 3.52. The van der Waals surface area contributed by atoms with Crippen LogP contribution in [-0.4, -0.2) is 27.8 Å². The van der Waals surface area contributed by atoms with Crippen molar-refractivity contribution in [3.63, 3.8) is 0 Å². The standard InChI is InChI=1S/C21H24N4O2/c1-4-13-25-15(2)19(14-23-25)21(26)24-20(17-9-11-22-12-10-17)16-5-7-18(27-3)8-6-16/h5-12,14,20H,4,13H2,1-3H3,(H,24,26)/t20-/m0/s1. The van der Waals surface area contributed by atoms with Gasteiger partial charge in [0.2, 0.25) is 0 Å². The zero-order valence-electron chi connectivity index (χ0n) is 15.8. The number of rotatable bonds is 7. The van der Waals surface area contributed by atoms with Gasteiger partial charge in [-0.25, -0.2) is 0 Å². The van der Waals surface area contributed by atoms with E-state index < -0.39 is 0 Å². The van der Waals surface area contributed by atoms with Gasteiger partial charge in [0, 0.05) is 24.6 Å². The summed E-state index contributed by atoms with van der Waals surface area (Å²) in [6, 6.07) is 11.2. The fourth-order valence-electron chi connectivity index (χ4n) is 3.03. The molecule has 2 heterocycles. The van der Waals surface area contributed by atoms with Crippen LogP contribution in [0.2, 0.25) is 0 Å². The lowest BCUT2D eigenvalue weighted by molar-refractivity contribution is 0.0942. The number of pyridine rings is 1. The maximum atomic E-state index is 13.0. The van der Waals surface area contributed by atoms with Crippen LogP contribution in [-0.2, 0) is 6.54 Å². The topological polar surface area (TPSA) is 69.0 Å². The number of carbonyl (C=O) groups excluding carboxylic acids is 1. The molecule has 0 bridgehead atoms. The lowest BCUT2D eigenvalue weighted by Crippen LogP contribution is -2.29. The van der Waals surface area contributed by atoms with Crippen LogP contribution < -0.4 is 10.1 Å². The van der Waals surface area contributed by atoms with Crippen LogP contribution in [0, 0.1) is 6.92 Å². The van der Waals surface area contributed by atoms with Gasteiger partial charge in [-0.1, -0.05) is 19.1 Å². The van der Waals surface area contributed by atoms with E-state index in [1.807, 2.05) is 48.0 Å². The first-order valence-electron chi connectivity index (χ1n) is 9.01. The summed E-state index contributed by atoms with van der Waals surface area (Å²) in [4.78, 5) is 17.0. The molecule has 0 saturated heterocycles. The van der Waals surface area contributed by atoms with Crippen LogP contribution in [0.3, 0.4) is 0 Å². The van der Waals surface area contributed by atoms with Crippen molar-refractivity contribution in [3.05, 3.63) is 77.4 Å². The fourth-order valence-corrected chi connectivity index (χ4v) is 3.03. The summed E-state index contributed by atoms with van der Waals surface area (Å²) < 4.78 is 7.10. The molecule has 0 spiro atoms. The van der Waals surface area contributed by atoms with Gasteiger partial charge in [0.25, 0.3) is 5.91 Å². The highest BCUT2D eigenvalue weighted by Gasteiger charge is 2.21. The highest BCUT2D eigenvalue weighted by Crippen LogP contribution is 2.24. The summed E-state index contributed by atoms with van der Waals surface area (Å²) >= 11 is 0. The average Bonchev–Trinajstić information content (AvgIpc) is 3.07. The number of nitrogens with one attached hydrogen (secondary N) is 1. The molecule has 0 saturated carbocycles. The van der Waals surface area contributed by atoms with E-state index in [0.717, 1.165) is 35.5 Å². The Kier molecular flexibility index (Phi) is 5.86. The van der Waals surface area contributed by atoms with Gasteiger partial charge in [-0.05, 0) is 48.7 Å². The molecule has 0 aliphatic heterocycles. The van der Waals surface area contributed by atoms with Crippen molar-refractivity contribution in [1.82, 2.24) is 20.1 Å². The molecule has 6 nitrogen and oxygen atoms in total. The molecule has 1 amide bonds. The van der Waals surface area contributed by atoms with Crippen molar-refractivity contribution >= 4 is 5.91 Å². The molecule has 0 unspecified atom stereocenters. The van der Waals surface area contributed by atoms with E-state index in [2.05, 4.69) is 22.3 Å². The number of hydrogen-bond acceptors (Lipinski definition) is 4. The second-order valence-electron chi connectivity index (χ2n) is 6.33. The van der Waals surface area contributed by atoms with Crippen molar-refractivity contribution in [2.24, 2.45) is 0 Å². The van der Waals surface area contributed by atoms with Crippen molar-refractivity contribution < 1.29 is 9.53 Å². The Morgan fingerprint density at radius 1 is 1.15 bits per heavy atom. The number of nitrogens with zero attached hydrogens (tertiary/aromatic N) is 3. The van der Waals surface area contributed by atoms with Gasteiger partial charge in [-0.2, -0.15) is 5.10 Å². The smallest absolute Gasteiger partial charge is 0.255 e. The van der Waals surface area contributed by atoms with Crippen molar-refractivity contribution in [2.75, 3.05) is 7.11 Å². The second-order valence-corrected chi connectivity index (χ2v) is 6.33. The summed E-state index contributed by atoms with van der Waals surface area (Å²) in [6.45, 7) is 4.81. The Morgan fingerprint density at radius 2 is 1.81 bits per heavy atom. The number of ether oxygens (including phenoxy) is 1. The van der Waals surface area contributed by atoms with Gasteiger partial charge in [-0.15, -0.1) is 0 Å². The lowest BCUT2D eigenvalue weighted by Gasteiger charge is -2.20. The van der Waals surface area contributed by atoms with E-state index in [-0.39, 0.29) is 11.9 Å². The number of amides is 1. The maximum Gasteiger partial charge on any atom is 0.255 e. The minimum Gasteiger partial charge on any atom is -0.497 e. The highest BCUT2D eigenvalue weighted by molar-refractivity contribution is 5.95. The molecule has 6 heteroatoms. The summed E-state index contributed by atoms with van der Waals surface area (Å²) in [6.07, 6.45) is 6.05. The van der Waals surface area contributed by atoms with Crippen molar-refractivity contribution in [3.8, 4) is 5.75 Å². The first-order valence-corrected chi connectivity index (χ1v) is 9.01. The molecule has 0 aliphatic carbocycles. The molecule has 0 radical (unpaired) electrons. The van der Waals surface area contributed by atoms with Crippen LogP contribution in [0.5, 0.6) is 5.75 Å². The summed E-state index contributed by atoms with van der Waals surface area (Å²) in [7, 11) is 1.63. The van der Waals surface area contributed by atoms with Crippen molar-refractivity contribution in [1.29, 1.82) is 0 Å². The zero-order chi connectivity index (χ0) is 19.2. The van der Waals surface area contributed by atoms with Crippen LogP contribution in [0.25, 0.3) is 0 Å². The summed E-state index contributed by atoms with van der Waals surface area (Å²) in [5.41, 5.74) is 3.39. The van der Waals surface area contributed by atoms with Crippen LogP contribution >= 0.6 is 0 Å². The quantitative estimate of drug-likeness (QED) is 0.696. The Hall–Kier alpha value is -3.15. The monoisotopic (exact) mass is 364 g/mol. The molecule has 3 aromatic rings. The Bertz CT molecular complexity index is 888. The van der Waals surface area contributed by atoms with E-state index in [1.54, 1.807) is 25.7 Å². The number of hydrogen-bond donors (Lipinski definition) is 1. The number of methoxy groups -OCH3 is 1. The number of carbonyl (C=O) groups is 1. The van der Waals surface area contributed by atoms with Crippen molar-refractivity contribution in [2.45, 2.75) is 32.9 Å². The molecule has 1 aromatic carbocycles. The highest BCUT2D eigenvalue weighted by atomic mass is 16.5. The van der Waals surface area contributed by atoms with Gasteiger partial charge in [-0.3, -0.25) is 14.5 Å². The molecule has 0 aliphatic rings. The molecule has 2 aromatic heterocycles. The van der Waals surface area contributed by atoms with E-state index in [1.165, 1.54) is 0 Å². The zero-order valence-corrected chi connectivity index (χ0v) is 15.8. The Balaban J connectivity index is 1.90. The molecule has 27 heavy (non-hydrogen) atoms. The Morgan fingerprint density at radius 3 is 2.44 bits per heavy atom. The summed E-state index contributed by atoms with van der Waals surface area (Å²) in [5.74, 6) is 0.628. The molecule has 3 rings (SSSR count). The van der Waals surface area contributed by atoms with Crippen LogP contribution in [0.4, 0.5) is 0 Å². The molecule has 0 fully saturated rings. The third-order valence-electron chi connectivity index (χ3n) is 4.55. The van der Waals surface area contributed by atoms with E-state index in [0.29, 0.717) is 5.56 Å². The first-order chi connectivity index (χ1) is 13.1. The third-order valence-corrected chi connectivity index (χ3v) is 4.55. The number of benzene rings is 1. The minimum atomic E-state index is -0.291. The number of aromatic nitrogens is 3. The van der Waals surface area contributed by atoms with Gasteiger partial charge < -0.3 is 10.1 Å². The van der Waals surface area contributed by atoms with Gasteiger partial charge in [0.05, 0.1) is 24.9 Å². The second kappa shape index (κ2) is 8.49. The van der Waals surface area contributed by atoms with E-state index >= 15 is 0 Å². The SMILES string of the molecule is CCCn1ncc(C(=O)N[C@H](c2ccncc2)c2ccc(OC)cc2)c1C. The van der Waals surface area contributed by atoms with Crippen LogP contribution in [0.15, 0.2) is 55.0 Å². The summed E-state index contributed by atoms with van der Waals surface area (Å²) in [5, 5.41) is 7.47. The first kappa shape index (κ1) is 18.6. The van der Waals surface area contributed by atoms with Gasteiger partial charge in [0.1, 0.15) is 5.75 Å². The van der Waals surface area contributed by atoms with Gasteiger partial charge >= 0.3 is 0 Å². The molecular formula is C21H24N4O2. The van der Waals surface area contributed by atoms with Crippen LogP contribution in [0.1, 0.15) is 46.6 Å². The predicted molar refractivity (Wildman–Crippen MR) is 104 cm³/mol.